The van der Waals surface area contributed by atoms with Crippen LogP contribution >= 0.6 is 0 Å². The van der Waals surface area contributed by atoms with Crippen LogP contribution in [0.2, 0.25) is 0 Å². The van der Waals surface area contributed by atoms with Crippen molar-refractivity contribution in [1.82, 2.24) is 5.32 Å². The first kappa shape index (κ1) is 44.2. The number of rotatable bonds is 20. The number of carbonyl (C=O) groups excluding carboxylic acids is 1. The molecule has 300 valence electrons. The Morgan fingerprint density at radius 1 is 0.627 bits per heavy atom. The Bertz CT molecular complexity index is 994. The topological polar surface area (TPSA) is 307 Å². The third kappa shape index (κ3) is 11.9. The smallest absolute Gasteiger partial charge is 0.217 e. The summed E-state index contributed by atoms with van der Waals surface area (Å²) in [5.41, 5.74) is 0. The van der Waals surface area contributed by atoms with E-state index in [4.69, 9.17) is 28.4 Å². The summed E-state index contributed by atoms with van der Waals surface area (Å²) in [6.45, 7) is 0.693. The van der Waals surface area contributed by atoms with Crippen LogP contribution in [0.3, 0.4) is 0 Å². The summed E-state index contributed by atoms with van der Waals surface area (Å²) in [5, 5.41) is 117. The number of unbranched alkanes of at least 4 members (excludes halogenated alkanes) is 6. The highest BCUT2D eigenvalue weighted by Gasteiger charge is 2.53. The minimum atomic E-state index is -1.96. The molecule has 3 saturated heterocycles. The summed E-state index contributed by atoms with van der Waals surface area (Å²) in [6.07, 6.45) is -18.8. The van der Waals surface area contributed by atoms with Crippen LogP contribution in [0.1, 0.15) is 65.2 Å². The van der Waals surface area contributed by atoms with Crippen molar-refractivity contribution in [2.45, 2.75) is 169 Å². The molecule has 51 heavy (non-hydrogen) atoms. The van der Waals surface area contributed by atoms with Crippen LogP contribution < -0.4 is 5.32 Å². The number of hydrogen-bond donors (Lipinski definition) is 12. The van der Waals surface area contributed by atoms with E-state index in [-0.39, 0.29) is 6.61 Å². The first-order valence-corrected chi connectivity index (χ1v) is 17.7. The van der Waals surface area contributed by atoms with Crippen molar-refractivity contribution in [2.24, 2.45) is 0 Å². The molecular weight excluding hydrogens is 686 g/mol. The number of carbonyl (C=O) groups is 1. The van der Waals surface area contributed by atoms with Gasteiger partial charge in [-0.1, -0.05) is 51.9 Å². The molecule has 3 aliphatic rings. The third-order valence-corrected chi connectivity index (χ3v) is 9.47. The minimum absolute atomic E-state index is 0.319. The van der Waals surface area contributed by atoms with E-state index in [1.807, 2.05) is 0 Å². The minimum Gasteiger partial charge on any atom is -0.394 e. The predicted octanol–water partition coefficient (Wildman–Crippen LogP) is -4.54. The number of nitrogens with one attached hydrogen (secondary N) is 1. The normalized spacial score (nSPS) is 40.1. The lowest BCUT2D eigenvalue weighted by atomic mass is 9.96. The monoisotopic (exact) mass is 745 g/mol. The van der Waals surface area contributed by atoms with Crippen molar-refractivity contribution in [1.29, 1.82) is 0 Å². The molecule has 0 aromatic rings. The summed E-state index contributed by atoms with van der Waals surface area (Å²) < 4.78 is 33.4. The Morgan fingerprint density at radius 3 is 1.59 bits per heavy atom. The van der Waals surface area contributed by atoms with E-state index in [0.29, 0.717) is 6.42 Å². The fraction of sp³-hybridized carbons (Fsp3) is 0.969. The molecule has 3 fully saturated rings. The van der Waals surface area contributed by atoms with Gasteiger partial charge in [0.2, 0.25) is 5.91 Å². The van der Waals surface area contributed by atoms with E-state index in [9.17, 15) is 61.0 Å². The lowest BCUT2D eigenvalue weighted by molar-refractivity contribution is -0.379. The molecule has 3 aliphatic heterocycles. The van der Waals surface area contributed by atoms with Gasteiger partial charge in [0.15, 0.2) is 18.9 Å². The van der Waals surface area contributed by atoms with Crippen molar-refractivity contribution in [2.75, 3.05) is 26.4 Å². The van der Waals surface area contributed by atoms with E-state index in [0.717, 1.165) is 38.5 Å². The highest BCUT2D eigenvalue weighted by Crippen LogP contribution is 2.32. The lowest BCUT2D eigenvalue weighted by Gasteiger charge is -2.48. The summed E-state index contributed by atoms with van der Waals surface area (Å²) in [6, 6.07) is -0.877. The Balaban J connectivity index is 1.60. The van der Waals surface area contributed by atoms with Crippen LogP contribution in [-0.2, 0) is 33.2 Å². The second-order valence-corrected chi connectivity index (χ2v) is 13.4. The van der Waals surface area contributed by atoms with E-state index in [1.54, 1.807) is 0 Å². The highest BCUT2D eigenvalue weighted by molar-refractivity contribution is 5.73. The number of amides is 1. The van der Waals surface area contributed by atoms with Gasteiger partial charge in [0.1, 0.15) is 73.2 Å². The van der Waals surface area contributed by atoms with E-state index >= 15 is 0 Å². The zero-order chi connectivity index (χ0) is 37.8. The van der Waals surface area contributed by atoms with Crippen LogP contribution in [-0.4, -0.2) is 193 Å². The van der Waals surface area contributed by atoms with Gasteiger partial charge in [-0.15, -0.1) is 0 Å². The second kappa shape index (κ2) is 21.6. The van der Waals surface area contributed by atoms with Crippen molar-refractivity contribution in [3.8, 4) is 0 Å². The van der Waals surface area contributed by atoms with Crippen LogP contribution in [0.4, 0.5) is 0 Å². The molecule has 0 bridgehead atoms. The molecule has 17 unspecified atom stereocenters. The number of aliphatic hydroxyl groups is 11. The van der Waals surface area contributed by atoms with Gasteiger partial charge >= 0.3 is 0 Å². The maximum absolute atomic E-state index is 11.8. The van der Waals surface area contributed by atoms with Crippen LogP contribution in [0.5, 0.6) is 0 Å². The maximum Gasteiger partial charge on any atom is 0.217 e. The van der Waals surface area contributed by atoms with Gasteiger partial charge in [0.05, 0.1) is 38.6 Å². The number of aliphatic hydroxyl groups excluding tert-OH is 11. The predicted molar refractivity (Wildman–Crippen MR) is 171 cm³/mol. The van der Waals surface area contributed by atoms with Crippen molar-refractivity contribution < 1.29 is 89.4 Å². The third-order valence-electron chi connectivity index (χ3n) is 9.47. The average Bonchev–Trinajstić information content (AvgIpc) is 3.11. The van der Waals surface area contributed by atoms with Crippen LogP contribution in [0.15, 0.2) is 0 Å². The highest BCUT2D eigenvalue weighted by atomic mass is 16.8. The molecule has 3 rings (SSSR count). The summed E-state index contributed by atoms with van der Waals surface area (Å²) in [7, 11) is 0. The van der Waals surface area contributed by atoms with Crippen molar-refractivity contribution >= 4 is 5.91 Å². The maximum atomic E-state index is 11.8. The van der Waals surface area contributed by atoms with Crippen molar-refractivity contribution in [3.63, 3.8) is 0 Å². The van der Waals surface area contributed by atoms with E-state index in [1.165, 1.54) is 13.3 Å². The SMILES string of the molecule is CCCCCCCCCC(O)C(COC1OC(CO)C(OC2OC(CO)C(OC3OC(CO)C(O)C(O)C3O)C(O)C2O)C(O)C1O)NC(C)=O. The Kier molecular flexibility index (Phi) is 18.7. The summed E-state index contributed by atoms with van der Waals surface area (Å²) in [4.78, 5) is 11.8. The molecule has 17 atom stereocenters. The summed E-state index contributed by atoms with van der Waals surface area (Å²) >= 11 is 0. The molecule has 0 radical (unpaired) electrons. The Morgan fingerprint density at radius 2 is 1.08 bits per heavy atom. The fourth-order valence-electron chi connectivity index (χ4n) is 6.40. The molecule has 0 aromatic carbocycles. The fourth-order valence-corrected chi connectivity index (χ4v) is 6.40. The molecule has 12 N–H and O–H groups in total. The van der Waals surface area contributed by atoms with E-state index in [2.05, 4.69) is 12.2 Å². The number of hydrogen-bond acceptors (Lipinski definition) is 18. The second-order valence-electron chi connectivity index (χ2n) is 13.4. The zero-order valence-corrected chi connectivity index (χ0v) is 29.1. The summed E-state index contributed by atoms with van der Waals surface area (Å²) in [5.74, 6) is -0.427. The number of ether oxygens (including phenoxy) is 6. The molecule has 0 aliphatic carbocycles. The van der Waals surface area contributed by atoms with Gasteiger partial charge in [-0.2, -0.15) is 0 Å². The molecule has 3 heterocycles. The Labute approximate surface area is 296 Å². The first-order valence-electron chi connectivity index (χ1n) is 17.7. The molecule has 1 amide bonds. The van der Waals surface area contributed by atoms with Crippen LogP contribution in [0.25, 0.3) is 0 Å². The van der Waals surface area contributed by atoms with Crippen molar-refractivity contribution in [3.05, 3.63) is 0 Å². The molecule has 0 saturated carbocycles. The van der Waals surface area contributed by atoms with Gasteiger partial charge in [-0.05, 0) is 6.42 Å². The van der Waals surface area contributed by atoms with Gasteiger partial charge in [0, 0.05) is 6.92 Å². The molecule has 0 aromatic heterocycles. The van der Waals surface area contributed by atoms with Gasteiger partial charge < -0.3 is 89.9 Å². The van der Waals surface area contributed by atoms with Crippen LogP contribution in [0, 0.1) is 0 Å². The Hall–Kier alpha value is -1.21. The largest absolute Gasteiger partial charge is 0.394 e. The quantitative estimate of drug-likeness (QED) is 0.0522. The average molecular weight is 746 g/mol. The molecular formula is C32H59NO18. The lowest BCUT2D eigenvalue weighted by Crippen LogP contribution is -2.66. The standard InChI is InChI=1S/C32H59NO18/c1-3-4-5-6-7-8-9-10-17(38)16(33-15(2)37)14-46-30-26(44)23(41)28(19(12-35)48-30)51-32-27(45)24(42)29(20(13-36)49-32)50-31-25(43)22(40)21(39)18(11-34)47-31/h16-32,34-36,38-45H,3-14H2,1-2H3,(H,33,37). The van der Waals surface area contributed by atoms with Gasteiger partial charge in [0.25, 0.3) is 0 Å². The van der Waals surface area contributed by atoms with Gasteiger partial charge in [-0.3, -0.25) is 4.79 Å². The zero-order valence-electron chi connectivity index (χ0n) is 29.1. The first-order chi connectivity index (χ1) is 24.3. The molecule has 0 spiro atoms. The van der Waals surface area contributed by atoms with E-state index < -0.39 is 130 Å². The van der Waals surface area contributed by atoms with Gasteiger partial charge in [-0.25, -0.2) is 0 Å². The molecule has 19 nitrogen and oxygen atoms in total. The molecule has 19 heteroatoms.